The minimum atomic E-state index is -4.40. The predicted molar refractivity (Wildman–Crippen MR) is 427 cm³/mol. The quantitative estimate of drug-likeness (QED) is 0.0211. The molecule has 10 heteroatoms. The predicted octanol–water partition coefficient (Wildman–Crippen LogP) is 28.0. The lowest BCUT2D eigenvalue weighted by atomic mass is 10.0. The lowest BCUT2D eigenvalue weighted by Crippen LogP contribution is -2.37. The molecule has 0 saturated heterocycles. The summed E-state index contributed by atoms with van der Waals surface area (Å²) in [6.07, 6.45) is 111. The van der Waals surface area contributed by atoms with Crippen LogP contribution in [-0.4, -0.2) is 74.9 Å². The molecule has 98 heavy (non-hydrogen) atoms. The van der Waals surface area contributed by atoms with Gasteiger partial charge < -0.3 is 18.9 Å². The summed E-state index contributed by atoms with van der Waals surface area (Å²) < 4.78 is 34.9. The number of nitrogens with zero attached hydrogens (tertiary/aromatic N) is 1. The van der Waals surface area contributed by atoms with Crippen LogP contribution in [0.1, 0.15) is 386 Å². The summed E-state index contributed by atoms with van der Waals surface area (Å²) in [6, 6.07) is 0. The van der Waals surface area contributed by atoms with Crippen molar-refractivity contribution < 1.29 is 42.1 Å². The Morgan fingerprint density at radius 2 is 0.582 bits per heavy atom. The van der Waals surface area contributed by atoms with E-state index in [1.807, 2.05) is 21.1 Å². The maximum absolute atomic E-state index is 12.9. The van der Waals surface area contributed by atoms with Gasteiger partial charge in [0.2, 0.25) is 0 Å². The van der Waals surface area contributed by atoms with Crippen LogP contribution in [0.5, 0.6) is 0 Å². The molecule has 2 atom stereocenters. The molecule has 0 spiro atoms. The van der Waals surface area contributed by atoms with Gasteiger partial charge in [-0.25, -0.2) is 4.57 Å². The van der Waals surface area contributed by atoms with E-state index in [4.69, 9.17) is 18.5 Å². The van der Waals surface area contributed by atoms with Gasteiger partial charge in [-0.05, 0) is 103 Å². The zero-order chi connectivity index (χ0) is 71.1. The Hall–Kier alpha value is -3.33. The fourth-order valence-corrected chi connectivity index (χ4v) is 12.7. The second-order valence-electron chi connectivity index (χ2n) is 29.1. The van der Waals surface area contributed by atoms with Crippen molar-refractivity contribution in [3.63, 3.8) is 0 Å². The third kappa shape index (κ3) is 81.6. The number of phosphoric acid groups is 1. The molecule has 0 heterocycles. The van der Waals surface area contributed by atoms with Gasteiger partial charge >= 0.3 is 19.8 Å². The standard InChI is InChI=1S/C88H158NO8P/c1-6-8-10-12-14-16-18-20-22-24-26-28-30-32-34-36-38-40-41-42-43-44-45-46-47-49-51-53-55-57-59-61-63-65-67-69-71-73-75-77-79-81-88(91)97-86(85-96-98(92,93)95-83-82-89(3,4)5)84-94-87(90)80-78-76-74-72-70-68-66-64-62-60-58-56-54-52-50-48-39-37-35-33-31-29-27-25-23-21-19-17-15-13-11-9-7-2/h8,10,14,16,19-22,25-28,32,34,38,40,42-43,86H,6-7,9,11-13,15,17-18,23-24,29-31,33,35-37,39,41,44-85H2,1-5H3/p+1/b10-8-,16-14-,21-19-,22-20-,27-25-,28-26-,34-32-,40-38-,43-42-. The van der Waals surface area contributed by atoms with E-state index in [2.05, 4.69) is 123 Å². The Bertz CT molecular complexity index is 2030. The van der Waals surface area contributed by atoms with E-state index in [0.717, 1.165) is 83.5 Å². The van der Waals surface area contributed by atoms with E-state index in [1.165, 1.54) is 270 Å². The molecule has 0 aromatic heterocycles. The summed E-state index contributed by atoms with van der Waals surface area (Å²) >= 11 is 0. The van der Waals surface area contributed by atoms with Gasteiger partial charge in [-0.2, -0.15) is 0 Å². The topological polar surface area (TPSA) is 108 Å². The minimum absolute atomic E-state index is 0.0315. The smallest absolute Gasteiger partial charge is 0.462 e. The van der Waals surface area contributed by atoms with Crippen molar-refractivity contribution in [1.29, 1.82) is 0 Å². The Balaban J connectivity index is 3.93. The molecule has 0 bridgehead atoms. The third-order valence-corrected chi connectivity index (χ3v) is 19.3. The summed E-state index contributed by atoms with van der Waals surface area (Å²) in [7, 11) is 1.49. The van der Waals surface area contributed by atoms with E-state index in [1.54, 1.807) is 0 Å². The zero-order valence-corrected chi connectivity index (χ0v) is 65.9. The molecule has 0 rings (SSSR count). The van der Waals surface area contributed by atoms with Crippen molar-refractivity contribution in [3.05, 3.63) is 109 Å². The first kappa shape index (κ1) is 94.7. The number of phosphoric ester groups is 1. The van der Waals surface area contributed by atoms with E-state index in [0.29, 0.717) is 23.9 Å². The van der Waals surface area contributed by atoms with E-state index >= 15 is 0 Å². The Morgan fingerprint density at radius 3 is 0.867 bits per heavy atom. The molecule has 0 aliphatic heterocycles. The fourth-order valence-electron chi connectivity index (χ4n) is 12.0. The summed E-state index contributed by atoms with van der Waals surface area (Å²) in [5, 5.41) is 0. The zero-order valence-electron chi connectivity index (χ0n) is 65.0. The highest BCUT2D eigenvalue weighted by molar-refractivity contribution is 7.47. The summed E-state index contributed by atoms with van der Waals surface area (Å²) in [5.41, 5.74) is 0. The van der Waals surface area contributed by atoms with Crippen molar-refractivity contribution in [1.82, 2.24) is 0 Å². The van der Waals surface area contributed by atoms with Gasteiger partial charge in [0.05, 0.1) is 27.7 Å². The minimum Gasteiger partial charge on any atom is -0.462 e. The molecule has 0 amide bonds. The van der Waals surface area contributed by atoms with Crippen LogP contribution in [0.15, 0.2) is 109 Å². The summed E-state index contributed by atoms with van der Waals surface area (Å²) in [5.74, 6) is -0.780. The molecular formula is C88H159NO8P+. The number of unbranched alkanes of at least 4 members (excludes halogenated alkanes) is 45. The molecule has 0 aliphatic rings. The number of likely N-dealkylation sites (N-methyl/N-ethyl adjacent to an activating group) is 1. The van der Waals surface area contributed by atoms with Gasteiger partial charge in [-0.1, -0.05) is 380 Å². The van der Waals surface area contributed by atoms with E-state index < -0.39 is 26.5 Å². The molecule has 0 aromatic rings. The molecule has 9 nitrogen and oxygen atoms in total. The average molecular weight is 1390 g/mol. The Labute approximate surface area is 607 Å². The maximum atomic E-state index is 12.9. The highest BCUT2D eigenvalue weighted by Crippen LogP contribution is 2.43. The Morgan fingerprint density at radius 1 is 0.327 bits per heavy atom. The van der Waals surface area contributed by atoms with Crippen molar-refractivity contribution in [2.24, 2.45) is 0 Å². The molecule has 0 aromatic carbocycles. The van der Waals surface area contributed by atoms with Crippen LogP contribution in [0.4, 0.5) is 0 Å². The highest BCUT2D eigenvalue weighted by atomic mass is 31.2. The molecule has 0 radical (unpaired) electrons. The number of carbonyl (C=O) groups excluding carboxylic acids is 2. The van der Waals surface area contributed by atoms with Crippen molar-refractivity contribution >= 4 is 19.8 Å². The summed E-state index contributed by atoms with van der Waals surface area (Å²) in [4.78, 5) is 36.0. The number of ether oxygens (including phenoxy) is 2. The monoisotopic (exact) mass is 1390 g/mol. The molecule has 0 fully saturated rings. The van der Waals surface area contributed by atoms with E-state index in [-0.39, 0.29) is 25.6 Å². The van der Waals surface area contributed by atoms with Crippen molar-refractivity contribution in [3.8, 4) is 0 Å². The van der Waals surface area contributed by atoms with Crippen LogP contribution in [0, 0.1) is 0 Å². The molecular weight excluding hydrogens is 1230 g/mol. The van der Waals surface area contributed by atoms with Gasteiger partial charge in [0, 0.05) is 12.8 Å². The van der Waals surface area contributed by atoms with Crippen molar-refractivity contribution in [2.45, 2.75) is 392 Å². The number of quaternary nitrogens is 1. The van der Waals surface area contributed by atoms with Gasteiger partial charge in [0.25, 0.3) is 0 Å². The normalized spacial score (nSPS) is 13.6. The number of rotatable bonds is 77. The molecule has 0 saturated carbocycles. The first-order valence-electron chi connectivity index (χ1n) is 41.6. The van der Waals surface area contributed by atoms with Gasteiger partial charge in [0.15, 0.2) is 6.10 Å². The number of allylic oxidation sites excluding steroid dienone is 18. The van der Waals surface area contributed by atoms with Crippen LogP contribution in [0.25, 0.3) is 0 Å². The number of hydrogen-bond acceptors (Lipinski definition) is 7. The van der Waals surface area contributed by atoms with E-state index in [9.17, 15) is 19.0 Å². The van der Waals surface area contributed by atoms with Gasteiger partial charge in [-0.3, -0.25) is 18.6 Å². The number of hydrogen-bond donors (Lipinski definition) is 1. The van der Waals surface area contributed by atoms with Crippen LogP contribution >= 0.6 is 7.82 Å². The van der Waals surface area contributed by atoms with Crippen LogP contribution in [-0.2, 0) is 32.7 Å². The SMILES string of the molecule is CC/C=C\C/C=C\C/C=C\C/C=C\C/C=C\C/C=C\C/C=C\CCCCCCCCCCCCCCCCCCCCCC(=O)OC(COC(=O)CCCCCCCCCCCCCCCCCCCCCCC/C=C\C/C=C\CCCCCCC)COP(=O)(O)OCC[N+](C)(C)C. The highest BCUT2D eigenvalue weighted by Gasteiger charge is 2.27. The third-order valence-electron chi connectivity index (χ3n) is 18.3. The lowest BCUT2D eigenvalue weighted by molar-refractivity contribution is -0.870. The average Bonchev–Trinajstić information content (AvgIpc) is 1.08. The van der Waals surface area contributed by atoms with Crippen LogP contribution in [0.3, 0.4) is 0 Å². The second-order valence-corrected chi connectivity index (χ2v) is 30.6. The van der Waals surface area contributed by atoms with Crippen LogP contribution in [0.2, 0.25) is 0 Å². The van der Waals surface area contributed by atoms with Gasteiger partial charge in [0.1, 0.15) is 19.8 Å². The number of carbonyl (C=O) groups is 2. The Kier molecular flexibility index (Phi) is 75.2. The fraction of sp³-hybridized carbons (Fsp3) is 0.773. The molecule has 1 N–H and O–H groups in total. The van der Waals surface area contributed by atoms with Gasteiger partial charge in [-0.15, -0.1) is 0 Å². The second kappa shape index (κ2) is 77.8. The molecule has 568 valence electrons. The summed E-state index contributed by atoms with van der Waals surface area (Å²) in [6.45, 7) is 4.36. The molecule has 0 aliphatic carbocycles. The first-order valence-corrected chi connectivity index (χ1v) is 43.1. The first-order chi connectivity index (χ1) is 48.0. The largest absolute Gasteiger partial charge is 0.472 e. The number of esters is 2. The molecule has 2 unspecified atom stereocenters. The van der Waals surface area contributed by atoms with Crippen LogP contribution < -0.4 is 0 Å². The van der Waals surface area contributed by atoms with Crippen molar-refractivity contribution in [2.75, 3.05) is 47.5 Å². The lowest BCUT2D eigenvalue weighted by Gasteiger charge is -2.24. The maximum Gasteiger partial charge on any atom is 0.472 e.